The number of aromatic nitrogens is 4. The predicted molar refractivity (Wildman–Crippen MR) is 95.7 cm³/mol. The Labute approximate surface area is 149 Å². The van der Waals surface area contributed by atoms with Crippen LogP contribution in [-0.2, 0) is 22.8 Å². The lowest BCUT2D eigenvalue weighted by Gasteiger charge is -2.17. The lowest BCUT2D eigenvalue weighted by Crippen LogP contribution is -2.33. The van der Waals surface area contributed by atoms with Crippen LogP contribution < -0.4 is 11.2 Å². The highest BCUT2D eigenvalue weighted by Gasteiger charge is 2.24. The van der Waals surface area contributed by atoms with Gasteiger partial charge in [0.25, 0.3) is 5.56 Å². The van der Waals surface area contributed by atoms with E-state index in [1.807, 2.05) is 30.3 Å². The van der Waals surface area contributed by atoms with E-state index in [0.29, 0.717) is 6.54 Å². The van der Waals surface area contributed by atoms with Gasteiger partial charge >= 0.3 is 11.7 Å². The zero-order valence-corrected chi connectivity index (χ0v) is 14.9. The summed E-state index contributed by atoms with van der Waals surface area (Å²) in [6.45, 7) is 5.27. The zero-order valence-electron chi connectivity index (χ0n) is 14.9. The van der Waals surface area contributed by atoms with E-state index in [1.165, 1.54) is 6.33 Å². The number of esters is 1. The van der Waals surface area contributed by atoms with Crippen molar-refractivity contribution in [3.63, 3.8) is 0 Å². The molecule has 8 nitrogen and oxygen atoms in total. The second-order valence-corrected chi connectivity index (χ2v) is 7.03. The Bertz CT molecular complexity index is 1050. The highest BCUT2D eigenvalue weighted by molar-refractivity contribution is 5.75. The van der Waals surface area contributed by atoms with E-state index in [2.05, 4.69) is 9.97 Å². The number of hydrogen-bond acceptors (Lipinski definition) is 5. The van der Waals surface area contributed by atoms with E-state index < -0.39 is 22.6 Å². The number of H-pyrrole nitrogens is 1. The summed E-state index contributed by atoms with van der Waals surface area (Å²) in [7, 11) is 0. The molecule has 0 aliphatic rings. The molecule has 0 unspecified atom stereocenters. The monoisotopic (exact) mass is 356 g/mol. The van der Waals surface area contributed by atoms with Crippen LogP contribution in [0, 0.1) is 5.41 Å². The molecule has 0 aliphatic heterocycles. The van der Waals surface area contributed by atoms with Crippen LogP contribution in [-0.4, -0.2) is 25.1 Å². The Balaban J connectivity index is 1.99. The number of aromatic amines is 1. The van der Waals surface area contributed by atoms with Gasteiger partial charge in [0.05, 0.1) is 11.7 Å². The SMILES string of the molecule is CC(C)(C)C(=O)OCn1c(=O)[nH]c(=O)c2c1ncn2Cc1ccccc1. The van der Waals surface area contributed by atoms with Crippen molar-refractivity contribution in [2.45, 2.75) is 34.0 Å². The first-order valence-corrected chi connectivity index (χ1v) is 8.16. The molecular weight excluding hydrogens is 336 g/mol. The summed E-state index contributed by atoms with van der Waals surface area (Å²) in [4.78, 5) is 42.8. The maximum absolute atomic E-state index is 12.3. The average molecular weight is 356 g/mol. The van der Waals surface area contributed by atoms with Gasteiger partial charge in [-0.05, 0) is 26.3 Å². The molecule has 0 aliphatic carbocycles. The van der Waals surface area contributed by atoms with Gasteiger partial charge in [0.15, 0.2) is 17.9 Å². The number of hydrogen-bond donors (Lipinski definition) is 1. The van der Waals surface area contributed by atoms with Gasteiger partial charge in [0.2, 0.25) is 0 Å². The highest BCUT2D eigenvalue weighted by Crippen LogP contribution is 2.16. The van der Waals surface area contributed by atoms with E-state index in [0.717, 1.165) is 10.1 Å². The Morgan fingerprint density at radius 2 is 1.88 bits per heavy atom. The minimum atomic E-state index is -0.697. The van der Waals surface area contributed by atoms with Gasteiger partial charge in [-0.3, -0.25) is 14.6 Å². The van der Waals surface area contributed by atoms with E-state index >= 15 is 0 Å². The van der Waals surface area contributed by atoms with Gasteiger partial charge in [0, 0.05) is 6.54 Å². The van der Waals surface area contributed by atoms with Crippen LogP contribution in [0.5, 0.6) is 0 Å². The third-order valence-electron chi connectivity index (χ3n) is 3.89. The van der Waals surface area contributed by atoms with Gasteiger partial charge in [-0.1, -0.05) is 30.3 Å². The molecule has 2 heterocycles. The predicted octanol–water partition coefficient (Wildman–Crippen LogP) is 1.48. The van der Waals surface area contributed by atoms with Crippen LogP contribution in [0.25, 0.3) is 11.2 Å². The van der Waals surface area contributed by atoms with Crippen LogP contribution in [0.2, 0.25) is 0 Å². The molecule has 3 aromatic rings. The van der Waals surface area contributed by atoms with Crippen molar-refractivity contribution < 1.29 is 9.53 Å². The van der Waals surface area contributed by atoms with Crippen LogP contribution >= 0.6 is 0 Å². The average Bonchev–Trinajstić information content (AvgIpc) is 2.98. The maximum atomic E-state index is 12.3. The van der Waals surface area contributed by atoms with Crippen LogP contribution in [0.4, 0.5) is 0 Å². The molecule has 3 rings (SSSR count). The molecular formula is C18H20N4O4. The second-order valence-electron chi connectivity index (χ2n) is 7.03. The first kappa shape index (κ1) is 17.7. The third kappa shape index (κ3) is 3.44. The Kier molecular flexibility index (Phi) is 4.50. The molecule has 0 amide bonds. The van der Waals surface area contributed by atoms with Crippen molar-refractivity contribution in [1.82, 2.24) is 19.1 Å². The number of fused-ring (bicyclic) bond motifs is 1. The molecule has 0 radical (unpaired) electrons. The van der Waals surface area contributed by atoms with Crippen molar-refractivity contribution in [3.05, 3.63) is 63.1 Å². The lowest BCUT2D eigenvalue weighted by atomic mass is 9.98. The smallest absolute Gasteiger partial charge is 0.332 e. The molecule has 26 heavy (non-hydrogen) atoms. The number of benzene rings is 1. The number of carbonyl (C=O) groups excluding carboxylic acids is 1. The summed E-state index contributed by atoms with van der Waals surface area (Å²) in [6.07, 6.45) is 1.49. The summed E-state index contributed by atoms with van der Waals surface area (Å²) in [5.41, 5.74) is -0.483. The summed E-state index contributed by atoms with van der Waals surface area (Å²) >= 11 is 0. The van der Waals surface area contributed by atoms with Crippen LogP contribution in [0.1, 0.15) is 26.3 Å². The van der Waals surface area contributed by atoms with Gasteiger partial charge in [-0.15, -0.1) is 0 Å². The molecule has 0 atom stereocenters. The fourth-order valence-electron chi connectivity index (χ4n) is 2.48. The summed E-state index contributed by atoms with van der Waals surface area (Å²) in [5.74, 6) is -0.451. The van der Waals surface area contributed by atoms with Crippen molar-refractivity contribution >= 4 is 17.1 Å². The van der Waals surface area contributed by atoms with Crippen molar-refractivity contribution in [2.75, 3.05) is 0 Å². The molecule has 0 bridgehead atoms. The lowest BCUT2D eigenvalue weighted by molar-refractivity contribution is -0.156. The normalized spacial score (nSPS) is 11.7. The highest BCUT2D eigenvalue weighted by atomic mass is 16.5. The molecule has 0 spiro atoms. The molecule has 2 aromatic heterocycles. The summed E-state index contributed by atoms with van der Waals surface area (Å²) in [5, 5.41) is 0. The first-order chi connectivity index (χ1) is 12.3. The van der Waals surface area contributed by atoms with Crippen LogP contribution in [0.3, 0.4) is 0 Å². The molecule has 8 heteroatoms. The maximum Gasteiger partial charge on any atom is 0.332 e. The number of nitrogens with one attached hydrogen (secondary N) is 1. The first-order valence-electron chi connectivity index (χ1n) is 8.16. The molecule has 136 valence electrons. The minimum Gasteiger partial charge on any atom is -0.443 e. The van der Waals surface area contributed by atoms with Crippen molar-refractivity contribution in [2.24, 2.45) is 5.41 Å². The number of ether oxygens (including phenoxy) is 1. The van der Waals surface area contributed by atoms with E-state index in [9.17, 15) is 14.4 Å². The molecule has 0 saturated heterocycles. The largest absolute Gasteiger partial charge is 0.443 e. The van der Waals surface area contributed by atoms with Crippen molar-refractivity contribution in [1.29, 1.82) is 0 Å². The number of rotatable bonds is 4. The second kappa shape index (κ2) is 6.62. The van der Waals surface area contributed by atoms with Crippen molar-refractivity contribution in [3.8, 4) is 0 Å². The Morgan fingerprint density at radius 1 is 1.19 bits per heavy atom. The van der Waals surface area contributed by atoms with Crippen LogP contribution in [0.15, 0.2) is 46.2 Å². The summed E-state index contributed by atoms with van der Waals surface area (Å²) in [6, 6.07) is 9.58. The Morgan fingerprint density at radius 3 is 2.54 bits per heavy atom. The zero-order chi connectivity index (χ0) is 18.9. The molecule has 1 aromatic carbocycles. The molecule has 0 saturated carbocycles. The standard InChI is InChI=1S/C18H20N4O4/c1-18(2,3)16(24)26-11-22-14-13(15(23)20-17(22)25)21(10-19-14)9-12-7-5-4-6-8-12/h4-8,10H,9,11H2,1-3H3,(H,20,23,25). The number of imidazole rings is 1. The number of nitrogens with zero attached hydrogens (tertiary/aromatic N) is 3. The van der Waals surface area contributed by atoms with E-state index in [-0.39, 0.29) is 17.9 Å². The van der Waals surface area contributed by atoms with E-state index in [4.69, 9.17) is 4.74 Å². The van der Waals surface area contributed by atoms with E-state index in [1.54, 1.807) is 25.3 Å². The van der Waals surface area contributed by atoms with Gasteiger partial charge in [-0.2, -0.15) is 0 Å². The molecule has 1 N–H and O–H groups in total. The third-order valence-corrected chi connectivity index (χ3v) is 3.89. The van der Waals surface area contributed by atoms with Gasteiger partial charge < -0.3 is 9.30 Å². The Hall–Kier alpha value is -3.16. The fraction of sp³-hybridized carbons (Fsp3) is 0.333. The van der Waals surface area contributed by atoms with Gasteiger partial charge in [0.1, 0.15) is 0 Å². The fourth-order valence-corrected chi connectivity index (χ4v) is 2.48. The topological polar surface area (TPSA) is 99.0 Å². The van der Waals surface area contributed by atoms with Gasteiger partial charge in [-0.25, -0.2) is 14.3 Å². The molecule has 0 fully saturated rings. The quantitative estimate of drug-likeness (QED) is 0.714. The number of carbonyl (C=O) groups is 1. The summed E-state index contributed by atoms with van der Waals surface area (Å²) < 4.78 is 8.00. The minimum absolute atomic E-state index is 0.177.